The summed E-state index contributed by atoms with van der Waals surface area (Å²) in [4.78, 5) is 10.5. The van der Waals surface area contributed by atoms with E-state index in [0.717, 1.165) is 72.3 Å². The van der Waals surface area contributed by atoms with E-state index in [0.29, 0.717) is 5.82 Å². The van der Waals surface area contributed by atoms with Gasteiger partial charge in [0.2, 0.25) is 0 Å². The third-order valence-corrected chi connectivity index (χ3v) is 11.7. The Bertz CT molecular complexity index is 3150. The summed E-state index contributed by atoms with van der Waals surface area (Å²) in [7, 11) is 0. The third kappa shape index (κ3) is 5.05. The number of para-hydroxylation sites is 2. The van der Waals surface area contributed by atoms with Crippen LogP contribution in [-0.4, -0.2) is 9.97 Å². The van der Waals surface area contributed by atoms with Gasteiger partial charge in [0, 0.05) is 38.4 Å². The molecule has 0 spiro atoms. The van der Waals surface area contributed by atoms with Gasteiger partial charge in [-0.1, -0.05) is 172 Å². The molecule has 0 N–H and O–H groups in total. The average molecular weight is 717 g/mol. The monoisotopic (exact) mass is 716 g/mol. The zero-order valence-electron chi connectivity index (χ0n) is 31.1. The van der Waals surface area contributed by atoms with Crippen LogP contribution in [0.2, 0.25) is 0 Å². The molecule has 0 fully saturated rings. The van der Waals surface area contributed by atoms with Crippen molar-refractivity contribution in [1.82, 2.24) is 9.97 Å². The van der Waals surface area contributed by atoms with E-state index in [2.05, 4.69) is 166 Å². The van der Waals surface area contributed by atoms with Crippen molar-refractivity contribution in [3.63, 3.8) is 0 Å². The molecule has 0 saturated heterocycles. The van der Waals surface area contributed by atoms with E-state index in [1.807, 2.05) is 30.3 Å². The molecule has 0 unspecified atom stereocenters. The van der Waals surface area contributed by atoms with Gasteiger partial charge in [-0.2, -0.15) is 0 Å². The molecule has 264 valence electrons. The highest BCUT2D eigenvalue weighted by Crippen LogP contribution is 2.53. The maximum atomic E-state index is 6.46. The number of nitrogens with zero attached hydrogens (tertiary/aromatic N) is 2. The van der Waals surface area contributed by atoms with Crippen LogP contribution in [0, 0.1) is 0 Å². The average Bonchev–Trinajstić information content (AvgIpc) is 3.75. The van der Waals surface area contributed by atoms with Crippen molar-refractivity contribution in [2.45, 2.75) is 19.3 Å². The van der Waals surface area contributed by atoms with E-state index in [4.69, 9.17) is 14.4 Å². The molecule has 11 rings (SSSR count). The van der Waals surface area contributed by atoms with Gasteiger partial charge < -0.3 is 4.42 Å². The fourth-order valence-electron chi connectivity index (χ4n) is 8.89. The molecule has 8 aromatic carbocycles. The maximum Gasteiger partial charge on any atom is 0.160 e. The maximum absolute atomic E-state index is 6.46. The lowest BCUT2D eigenvalue weighted by molar-refractivity contribution is 0.661. The van der Waals surface area contributed by atoms with Gasteiger partial charge in [0.1, 0.15) is 11.2 Å². The van der Waals surface area contributed by atoms with E-state index >= 15 is 0 Å². The molecule has 0 atom stereocenters. The number of fused-ring (bicyclic) bond motifs is 7. The topological polar surface area (TPSA) is 38.9 Å². The van der Waals surface area contributed by atoms with Crippen LogP contribution < -0.4 is 0 Å². The number of hydrogen-bond acceptors (Lipinski definition) is 3. The molecule has 3 nitrogen and oxygen atoms in total. The molecule has 3 heteroatoms. The first-order valence-corrected chi connectivity index (χ1v) is 19.2. The highest BCUT2D eigenvalue weighted by molar-refractivity contribution is 6.10. The second-order valence-electron chi connectivity index (χ2n) is 15.3. The molecule has 0 amide bonds. The molecule has 2 heterocycles. The minimum absolute atomic E-state index is 0.148. The Balaban J connectivity index is 1.04. The van der Waals surface area contributed by atoms with Gasteiger partial charge in [-0.15, -0.1) is 0 Å². The normalized spacial score (nSPS) is 13.0. The van der Waals surface area contributed by atoms with E-state index < -0.39 is 0 Å². The van der Waals surface area contributed by atoms with Crippen molar-refractivity contribution in [1.29, 1.82) is 0 Å². The van der Waals surface area contributed by atoms with E-state index in [9.17, 15) is 0 Å². The molecule has 0 radical (unpaired) electrons. The molecule has 0 bridgehead atoms. The Morgan fingerprint density at radius 3 is 1.88 bits per heavy atom. The molecular weight excluding hydrogens is 681 g/mol. The van der Waals surface area contributed by atoms with Gasteiger partial charge in [-0.05, 0) is 74.0 Å². The molecule has 56 heavy (non-hydrogen) atoms. The summed E-state index contributed by atoms with van der Waals surface area (Å²) in [5.74, 6) is 0.708. The van der Waals surface area contributed by atoms with E-state index in [1.165, 1.54) is 33.0 Å². The van der Waals surface area contributed by atoms with Crippen LogP contribution in [0.15, 0.2) is 186 Å². The Hall–Kier alpha value is -7.10. The summed E-state index contributed by atoms with van der Waals surface area (Å²) in [5, 5.41) is 4.77. The third-order valence-electron chi connectivity index (χ3n) is 11.7. The lowest BCUT2D eigenvalue weighted by Crippen LogP contribution is -2.14. The van der Waals surface area contributed by atoms with Crippen molar-refractivity contribution in [3.05, 3.63) is 193 Å². The summed E-state index contributed by atoms with van der Waals surface area (Å²) >= 11 is 0. The lowest BCUT2D eigenvalue weighted by atomic mass is 9.81. The van der Waals surface area contributed by atoms with Gasteiger partial charge in [0.05, 0.1) is 11.4 Å². The van der Waals surface area contributed by atoms with Crippen LogP contribution in [0.1, 0.15) is 25.0 Å². The molecule has 1 aliphatic rings. The van der Waals surface area contributed by atoms with Gasteiger partial charge in [0.25, 0.3) is 0 Å². The Kier molecular flexibility index (Phi) is 7.20. The van der Waals surface area contributed by atoms with Crippen molar-refractivity contribution >= 4 is 32.7 Å². The van der Waals surface area contributed by atoms with Gasteiger partial charge in [0.15, 0.2) is 5.82 Å². The van der Waals surface area contributed by atoms with Crippen molar-refractivity contribution in [3.8, 4) is 67.3 Å². The number of benzene rings is 8. The fraction of sp³-hybridized carbons (Fsp3) is 0.0566. The zero-order chi connectivity index (χ0) is 37.4. The van der Waals surface area contributed by atoms with Crippen molar-refractivity contribution in [2.75, 3.05) is 0 Å². The largest absolute Gasteiger partial charge is 0.455 e. The summed E-state index contributed by atoms with van der Waals surface area (Å²) in [6.45, 7) is 4.68. The number of aromatic nitrogens is 2. The van der Waals surface area contributed by atoms with Crippen LogP contribution in [0.5, 0.6) is 0 Å². The van der Waals surface area contributed by atoms with Gasteiger partial charge in [-0.25, -0.2) is 9.97 Å². The molecule has 0 saturated carbocycles. The molecular formula is C53H36N2O. The van der Waals surface area contributed by atoms with Crippen LogP contribution in [0.25, 0.3) is 100.0 Å². The predicted octanol–water partition coefficient (Wildman–Crippen LogP) is 14.2. The first kappa shape index (κ1) is 32.3. The number of furan rings is 1. The fourth-order valence-corrected chi connectivity index (χ4v) is 8.89. The second kappa shape index (κ2) is 12.5. The summed E-state index contributed by atoms with van der Waals surface area (Å²) in [6, 6.07) is 64.7. The van der Waals surface area contributed by atoms with Crippen LogP contribution in [0.4, 0.5) is 0 Å². The second-order valence-corrected chi connectivity index (χ2v) is 15.3. The smallest absolute Gasteiger partial charge is 0.160 e. The highest BCUT2D eigenvalue weighted by Gasteiger charge is 2.37. The van der Waals surface area contributed by atoms with E-state index in [-0.39, 0.29) is 5.41 Å². The number of hydrogen-bond donors (Lipinski definition) is 0. The summed E-state index contributed by atoms with van der Waals surface area (Å²) in [6.07, 6.45) is 0. The summed E-state index contributed by atoms with van der Waals surface area (Å²) in [5.41, 5.74) is 16.3. The lowest BCUT2D eigenvalue weighted by Gasteiger charge is -2.22. The minimum atomic E-state index is -0.148. The Labute approximate surface area is 325 Å². The Morgan fingerprint density at radius 1 is 0.411 bits per heavy atom. The van der Waals surface area contributed by atoms with Gasteiger partial charge >= 0.3 is 0 Å². The van der Waals surface area contributed by atoms with Crippen LogP contribution >= 0.6 is 0 Å². The van der Waals surface area contributed by atoms with Crippen LogP contribution in [0.3, 0.4) is 0 Å². The SMILES string of the molecule is CC1(C)c2cc3ccccc3cc2-c2c(-c3cc(-c4ccc(-c5ccccc5-c5cccc6c5oc5ccccc56)cc4)nc(-c4ccccc4)n3)cccc21. The standard InChI is InChI=1S/C53H36N2O/c1-53(2)45-24-13-23-43(50(45)44-30-36-16-6-7-17-37(36)31-46(44)53)48-32-47(54-52(55-48)35-14-4-3-5-15-35)34-28-26-33(27-29-34)38-18-8-9-19-39(38)41-21-12-22-42-40-20-10-11-25-49(40)56-51(41)42/h3-32H,1-2H3. The highest BCUT2D eigenvalue weighted by atomic mass is 16.3. The van der Waals surface area contributed by atoms with Crippen LogP contribution in [-0.2, 0) is 5.41 Å². The quantitative estimate of drug-likeness (QED) is 0.178. The summed E-state index contributed by atoms with van der Waals surface area (Å²) < 4.78 is 6.46. The van der Waals surface area contributed by atoms with Gasteiger partial charge in [-0.3, -0.25) is 0 Å². The predicted molar refractivity (Wildman–Crippen MR) is 232 cm³/mol. The van der Waals surface area contributed by atoms with E-state index in [1.54, 1.807) is 0 Å². The molecule has 0 aliphatic heterocycles. The first-order valence-electron chi connectivity index (χ1n) is 19.2. The first-order chi connectivity index (χ1) is 27.5. The molecule has 2 aromatic heterocycles. The number of rotatable bonds is 5. The molecule has 1 aliphatic carbocycles. The minimum Gasteiger partial charge on any atom is -0.455 e. The zero-order valence-corrected chi connectivity index (χ0v) is 31.1. The molecule has 10 aromatic rings. The Morgan fingerprint density at radius 2 is 1.04 bits per heavy atom. The van der Waals surface area contributed by atoms with Crippen molar-refractivity contribution in [2.24, 2.45) is 0 Å². The van der Waals surface area contributed by atoms with Crippen molar-refractivity contribution < 1.29 is 4.42 Å².